The van der Waals surface area contributed by atoms with E-state index in [1.165, 1.54) is 17.0 Å². The maximum Gasteiger partial charge on any atom is 0.264 e. The van der Waals surface area contributed by atoms with E-state index in [1.807, 2.05) is 68.4 Å². The molecule has 230 valence electrons. The van der Waals surface area contributed by atoms with Crippen molar-refractivity contribution in [1.82, 2.24) is 10.2 Å². The lowest BCUT2D eigenvalue weighted by molar-refractivity contribution is -0.139. The number of ether oxygens (including phenoxy) is 1. The van der Waals surface area contributed by atoms with Crippen molar-refractivity contribution in [2.24, 2.45) is 0 Å². The molecule has 44 heavy (non-hydrogen) atoms. The minimum Gasteiger partial charge on any atom is -0.457 e. The van der Waals surface area contributed by atoms with Gasteiger partial charge in [0.1, 0.15) is 24.1 Å². The molecule has 0 aliphatic heterocycles. The molecule has 0 saturated heterocycles. The van der Waals surface area contributed by atoms with E-state index in [4.69, 9.17) is 4.74 Å². The third-order valence-corrected chi connectivity index (χ3v) is 9.29. The number of anilines is 1. The number of nitrogens with one attached hydrogen (secondary N) is 1. The van der Waals surface area contributed by atoms with E-state index in [0.717, 1.165) is 26.3 Å². The number of carbonyl (C=O) groups excluding carboxylic acids is 2. The molecule has 0 aliphatic carbocycles. The van der Waals surface area contributed by atoms with Gasteiger partial charge < -0.3 is 15.0 Å². The minimum absolute atomic E-state index is 0.0497. The third-order valence-electron chi connectivity index (χ3n) is 6.97. The Labute approximate surface area is 267 Å². The van der Waals surface area contributed by atoms with Crippen LogP contribution in [0.15, 0.2) is 112 Å². The molecule has 0 bridgehead atoms. The molecular formula is C34H36BrN3O5S. The van der Waals surface area contributed by atoms with E-state index >= 15 is 0 Å². The Hall–Kier alpha value is -4.15. The van der Waals surface area contributed by atoms with Crippen LogP contribution in [0.25, 0.3) is 0 Å². The molecule has 4 rings (SSSR count). The summed E-state index contributed by atoms with van der Waals surface area (Å²) in [4.78, 5) is 28.6. The Bertz CT molecular complexity index is 1650. The normalized spacial score (nSPS) is 11.8. The van der Waals surface area contributed by atoms with Gasteiger partial charge in [-0.25, -0.2) is 8.42 Å². The highest BCUT2D eigenvalue weighted by Gasteiger charge is 2.32. The van der Waals surface area contributed by atoms with Crippen LogP contribution in [0, 0.1) is 6.92 Å². The minimum atomic E-state index is -4.17. The fourth-order valence-corrected chi connectivity index (χ4v) is 6.11. The molecule has 0 radical (unpaired) electrons. The second kappa shape index (κ2) is 15.0. The first-order valence-corrected chi connectivity index (χ1v) is 16.6. The number of aryl methyl sites for hydroxylation is 1. The van der Waals surface area contributed by atoms with Gasteiger partial charge in [0.15, 0.2) is 0 Å². The lowest BCUT2D eigenvalue weighted by Crippen LogP contribution is -2.51. The summed E-state index contributed by atoms with van der Waals surface area (Å²) in [6.45, 7) is 5.53. The monoisotopic (exact) mass is 677 g/mol. The standard InChI is InChI=1S/C34H36BrN3O5S/c1-4-22-36-34(40)26(3)37(23-27-12-14-28(35)15-13-27)33(39)24-38(44(41,42)32-20-10-25(2)11-21-32)29-16-18-31(19-17-29)43-30-8-6-5-7-9-30/h5-21,26H,4,22-24H2,1-3H3,(H,36,40)/t26-/m0/s1. The van der Waals surface area contributed by atoms with Crippen molar-refractivity contribution >= 4 is 43.5 Å². The zero-order valence-corrected chi connectivity index (χ0v) is 27.3. The van der Waals surface area contributed by atoms with Gasteiger partial charge >= 0.3 is 0 Å². The van der Waals surface area contributed by atoms with Gasteiger partial charge in [0.25, 0.3) is 10.0 Å². The number of benzene rings is 4. The van der Waals surface area contributed by atoms with Crippen molar-refractivity contribution in [2.45, 2.75) is 44.7 Å². The van der Waals surface area contributed by atoms with Gasteiger partial charge in [-0.2, -0.15) is 0 Å². The van der Waals surface area contributed by atoms with Crippen molar-refractivity contribution in [3.63, 3.8) is 0 Å². The Morgan fingerprint density at radius 2 is 1.48 bits per heavy atom. The molecule has 0 spiro atoms. The Kier molecular flexibility index (Phi) is 11.2. The van der Waals surface area contributed by atoms with Gasteiger partial charge in [-0.15, -0.1) is 0 Å². The van der Waals surface area contributed by atoms with E-state index in [1.54, 1.807) is 43.3 Å². The average Bonchev–Trinajstić information content (AvgIpc) is 3.03. The molecule has 4 aromatic rings. The third kappa shape index (κ3) is 8.48. The highest BCUT2D eigenvalue weighted by Crippen LogP contribution is 2.29. The molecule has 4 aromatic carbocycles. The molecule has 0 aliphatic rings. The molecule has 8 nitrogen and oxygen atoms in total. The van der Waals surface area contributed by atoms with Crippen molar-refractivity contribution in [1.29, 1.82) is 0 Å². The smallest absolute Gasteiger partial charge is 0.264 e. The predicted octanol–water partition coefficient (Wildman–Crippen LogP) is 6.69. The fraction of sp³-hybridized carbons (Fsp3) is 0.235. The zero-order valence-electron chi connectivity index (χ0n) is 24.9. The molecule has 10 heteroatoms. The highest BCUT2D eigenvalue weighted by molar-refractivity contribution is 9.10. The molecule has 0 aromatic heterocycles. The molecule has 0 fully saturated rings. The van der Waals surface area contributed by atoms with Crippen LogP contribution in [0.5, 0.6) is 11.5 Å². The lowest BCUT2D eigenvalue weighted by atomic mass is 10.1. The SMILES string of the molecule is CCCNC(=O)[C@H](C)N(Cc1ccc(Br)cc1)C(=O)CN(c1ccc(Oc2ccccc2)cc1)S(=O)(=O)c1ccc(C)cc1. The maximum absolute atomic E-state index is 14.1. The Balaban J connectivity index is 1.69. The van der Waals surface area contributed by atoms with Gasteiger partial charge in [0.2, 0.25) is 11.8 Å². The molecule has 0 saturated carbocycles. The number of hydrogen-bond acceptors (Lipinski definition) is 5. The molecule has 1 atom stereocenters. The quantitative estimate of drug-likeness (QED) is 0.170. The van der Waals surface area contributed by atoms with Crippen molar-refractivity contribution in [2.75, 3.05) is 17.4 Å². The van der Waals surface area contributed by atoms with Crippen LogP contribution in [0.1, 0.15) is 31.4 Å². The summed E-state index contributed by atoms with van der Waals surface area (Å²) < 4.78 is 36.0. The van der Waals surface area contributed by atoms with Crippen LogP contribution in [-0.4, -0.2) is 44.3 Å². The van der Waals surface area contributed by atoms with Crippen LogP contribution in [-0.2, 0) is 26.2 Å². The van der Waals surface area contributed by atoms with Crippen LogP contribution >= 0.6 is 15.9 Å². The average molecular weight is 679 g/mol. The number of amides is 2. The summed E-state index contributed by atoms with van der Waals surface area (Å²) in [5.74, 6) is 0.315. The Morgan fingerprint density at radius 1 is 0.864 bits per heavy atom. The summed E-state index contributed by atoms with van der Waals surface area (Å²) in [6.07, 6.45) is 0.742. The van der Waals surface area contributed by atoms with E-state index in [2.05, 4.69) is 21.2 Å². The first kappa shape index (κ1) is 32.8. The number of sulfonamides is 1. The van der Waals surface area contributed by atoms with Gasteiger partial charge in [-0.1, -0.05) is 70.9 Å². The molecule has 2 amide bonds. The first-order valence-electron chi connectivity index (χ1n) is 14.3. The number of hydrogen-bond donors (Lipinski definition) is 1. The van der Waals surface area contributed by atoms with E-state index in [0.29, 0.717) is 18.0 Å². The van der Waals surface area contributed by atoms with Gasteiger partial charge in [0, 0.05) is 17.6 Å². The van der Waals surface area contributed by atoms with Crippen molar-refractivity contribution < 1.29 is 22.7 Å². The number of rotatable bonds is 13. The van der Waals surface area contributed by atoms with Crippen molar-refractivity contribution in [3.8, 4) is 11.5 Å². The van der Waals surface area contributed by atoms with Crippen LogP contribution in [0.4, 0.5) is 5.69 Å². The molecule has 0 heterocycles. The summed E-state index contributed by atoms with van der Waals surface area (Å²) in [5, 5.41) is 2.85. The molecule has 1 N–H and O–H groups in total. The highest BCUT2D eigenvalue weighted by atomic mass is 79.9. The maximum atomic E-state index is 14.1. The number of halogens is 1. The molecule has 0 unspecified atom stereocenters. The predicted molar refractivity (Wildman–Crippen MR) is 176 cm³/mol. The van der Waals surface area contributed by atoms with Gasteiger partial charge in [-0.3, -0.25) is 13.9 Å². The zero-order chi connectivity index (χ0) is 31.7. The second-order valence-electron chi connectivity index (χ2n) is 10.3. The summed E-state index contributed by atoms with van der Waals surface area (Å²) in [6, 6.07) is 28.8. The number of carbonyl (C=O) groups is 2. The number of nitrogens with zero attached hydrogens (tertiary/aromatic N) is 2. The largest absolute Gasteiger partial charge is 0.457 e. The van der Waals surface area contributed by atoms with Crippen LogP contribution < -0.4 is 14.4 Å². The summed E-state index contributed by atoms with van der Waals surface area (Å²) >= 11 is 3.42. The second-order valence-corrected chi connectivity index (χ2v) is 13.1. The van der Waals surface area contributed by atoms with E-state index < -0.39 is 28.5 Å². The topological polar surface area (TPSA) is 96.0 Å². The van der Waals surface area contributed by atoms with Crippen LogP contribution in [0.3, 0.4) is 0 Å². The van der Waals surface area contributed by atoms with Crippen LogP contribution in [0.2, 0.25) is 0 Å². The Morgan fingerprint density at radius 3 is 2.09 bits per heavy atom. The van der Waals surface area contributed by atoms with Crippen molar-refractivity contribution in [3.05, 3.63) is 119 Å². The lowest BCUT2D eigenvalue weighted by Gasteiger charge is -2.32. The molecular weight excluding hydrogens is 642 g/mol. The van der Waals surface area contributed by atoms with E-state index in [-0.39, 0.29) is 23.0 Å². The van der Waals surface area contributed by atoms with Gasteiger partial charge in [0.05, 0.1) is 10.6 Å². The van der Waals surface area contributed by atoms with Gasteiger partial charge in [-0.05, 0) is 86.5 Å². The first-order chi connectivity index (χ1) is 21.1. The van der Waals surface area contributed by atoms with E-state index in [9.17, 15) is 18.0 Å². The summed E-state index contributed by atoms with van der Waals surface area (Å²) in [5.41, 5.74) is 1.99. The fourth-order valence-electron chi connectivity index (χ4n) is 4.44. The number of para-hydroxylation sites is 1. The summed E-state index contributed by atoms with van der Waals surface area (Å²) in [7, 11) is -4.17.